The van der Waals surface area contributed by atoms with Crippen LogP contribution < -0.4 is 9.47 Å². The van der Waals surface area contributed by atoms with Crippen LogP contribution in [0, 0.1) is 12.8 Å². The third kappa shape index (κ3) is 4.48. The molecule has 0 N–H and O–H groups in total. The summed E-state index contributed by atoms with van der Waals surface area (Å²) in [6.07, 6.45) is 1.34. The van der Waals surface area contributed by atoms with Gasteiger partial charge in [0.25, 0.3) is 5.91 Å². The molecule has 26 heavy (non-hydrogen) atoms. The Morgan fingerprint density at radius 3 is 2.31 bits per heavy atom. The van der Waals surface area contributed by atoms with Crippen LogP contribution in [0.5, 0.6) is 11.5 Å². The summed E-state index contributed by atoms with van der Waals surface area (Å²) in [5.74, 6) is 1.69. The number of hydrogen-bond donors (Lipinski definition) is 0. The molecule has 2 amide bonds. The van der Waals surface area contributed by atoms with Crippen molar-refractivity contribution in [2.75, 3.05) is 40.4 Å². The van der Waals surface area contributed by atoms with Gasteiger partial charge in [0.15, 0.2) is 0 Å². The van der Waals surface area contributed by atoms with Crippen LogP contribution in [-0.4, -0.2) is 62.0 Å². The molecule has 0 radical (unpaired) electrons. The lowest BCUT2D eigenvalue weighted by Gasteiger charge is -2.24. The van der Waals surface area contributed by atoms with Crippen LogP contribution >= 0.6 is 0 Å². The van der Waals surface area contributed by atoms with E-state index in [2.05, 4.69) is 0 Å². The monoisotopic (exact) mass is 362 g/mol. The molecule has 0 bridgehead atoms. The van der Waals surface area contributed by atoms with E-state index in [1.807, 2.05) is 30.6 Å². The van der Waals surface area contributed by atoms with Gasteiger partial charge in [-0.15, -0.1) is 0 Å². The Morgan fingerprint density at radius 2 is 1.69 bits per heavy atom. The van der Waals surface area contributed by atoms with Crippen molar-refractivity contribution in [2.45, 2.75) is 33.6 Å². The molecule has 0 unspecified atom stereocenters. The molecule has 1 saturated heterocycles. The van der Waals surface area contributed by atoms with Gasteiger partial charge >= 0.3 is 0 Å². The van der Waals surface area contributed by atoms with E-state index in [-0.39, 0.29) is 11.8 Å². The van der Waals surface area contributed by atoms with Gasteiger partial charge in [0, 0.05) is 38.2 Å². The van der Waals surface area contributed by atoms with Crippen molar-refractivity contribution in [2.24, 2.45) is 5.92 Å². The van der Waals surface area contributed by atoms with Gasteiger partial charge in [-0.05, 0) is 31.4 Å². The second-order valence-electron chi connectivity index (χ2n) is 7.10. The lowest BCUT2D eigenvalue weighted by molar-refractivity contribution is -0.131. The number of amides is 2. The molecule has 0 saturated carbocycles. The molecule has 2 rings (SSSR count). The van der Waals surface area contributed by atoms with Crippen LogP contribution in [0.4, 0.5) is 0 Å². The zero-order valence-electron chi connectivity index (χ0n) is 16.5. The summed E-state index contributed by atoms with van der Waals surface area (Å²) < 4.78 is 10.8. The van der Waals surface area contributed by atoms with Gasteiger partial charge in [-0.25, -0.2) is 0 Å². The zero-order valence-corrected chi connectivity index (χ0v) is 16.5. The van der Waals surface area contributed by atoms with Crippen LogP contribution in [0.2, 0.25) is 0 Å². The highest BCUT2D eigenvalue weighted by atomic mass is 16.5. The molecule has 0 aromatic heterocycles. The van der Waals surface area contributed by atoms with Gasteiger partial charge in [0.2, 0.25) is 5.91 Å². The number of nitrogens with zero attached hydrogens (tertiary/aromatic N) is 2. The van der Waals surface area contributed by atoms with Crippen molar-refractivity contribution in [3.05, 3.63) is 23.3 Å². The van der Waals surface area contributed by atoms with E-state index >= 15 is 0 Å². The Balaban J connectivity index is 2.13. The van der Waals surface area contributed by atoms with Crippen molar-refractivity contribution in [3.8, 4) is 11.5 Å². The molecule has 144 valence electrons. The van der Waals surface area contributed by atoms with Crippen LogP contribution in [0.1, 0.15) is 42.6 Å². The Hall–Kier alpha value is -2.24. The van der Waals surface area contributed by atoms with E-state index in [0.717, 1.165) is 12.0 Å². The Morgan fingerprint density at radius 1 is 1.04 bits per heavy atom. The summed E-state index contributed by atoms with van der Waals surface area (Å²) in [5, 5.41) is 0. The van der Waals surface area contributed by atoms with E-state index in [9.17, 15) is 9.59 Å². The Labute approximate surface area is 156 Å². The van der Waals surface area contributed by atoms with E-state index in [1.54, 1.807) is 26.4 Å². The predicted molar refractivity (Wildman–Crippen MR) is 101 cm³/mol. The first-order valence-corrected chi connectivity index (χ1v) is 9.17. The molecule has 1 aromatic carbocycles. The number of carbonyl (C=O) groups is 2. The SMILES string of the molecule is COc1ccc(C(=O)N2CCCN(C(=O)CC(C)C)CC2)c(OC)c1C. The largest absolute Gasteiger partial charge is 0.496 e. The normalized spacial score (nSPS) is 15.0. The molecule has 0 spiro atoms. The molecule has 1 aliphatic heterocycles. The molecule has 1 fully saturated rings. The van der Waals surface area contributed by atoms with Crippen LogP contribution in [0.15, 0.2) is 12.1 Å². The standard InChI is InChI=1S/C20H30N2O4/c1-14(2)13-18(23)21-9-6-10-22(12-11-21)20(24)16-7-8-17(25-4)15(3)19(16)26-5/h7-8,14H,6,9-13H2,1-5H3. The summed E-state index contributed by atoms with van der Waals surface area (Å²) in [4.78, 5) is 29.0. The summed E-state index contributed by atoms with van der Waals surface area (Å²) in [5.41, 5.74) is 1.34. The van der Waals surface area contributed by atoms with Crippen LogP contribution in [0.25, 0.3) is 0 Å². The number of benzene rings is 1. The Bertz CT molecular complexity index is 657. The smallest absolute Gasteiger partial charge is 0.257 e. The molecule has 1 heterocycles. The third-order valence-corrected chi connectivity index (χ3v) is 4.73. The molecule has 6 heteroatoms. The van der Waals surface area contributed by atoms with Gasteiger partial charge in [0.1, 0.15) is 11.5 Å². The van der Waals surface area contributed by atoms with Gasteiger partial charge in [0.05, 0.1) is 19.8 Å². The topological polar surface area (TPSA) is 59.1 Å². The van der Waals surface area contributed by atoms with Crippen molar-refractivity contribution in [1.82, 2.24) is 9.80 Å². The lowest BCUT2D eigenvalue weighted by atomic mass is 10.1. The molecule has 1 aromatic rings. The number of hydrogen-bond acceptors (Lipinski definition) is 4. The summed E-state index contributed by atoms with van der Waals surface area (Å²) in [7, 11) is 3.16. The second kappa shape index (κ2) is 8.92. The van der Waals surface area contributed by atoms with E-state index in [4.69, 9.17) is 9.47 Å². The molecule has 0 atom stereocenters. The number of carbonyl (C=O) groups excluding carboxylic acids is 2. The van der Waals surface area contributed by atoms with E-state index < -0.39 is 0 Å². The number of methoxy groups -OCH3 is 2. The fourth-order valence-corrected chi connectivity index (χ4v) is 3.34. The molecule has 0 aliphatic carbocycles. The number of rotatable bonds is 5. The second-order valence-corrected chi connectivity index (χ2v) is 7.10. The quantitative estimate of drug-likeness (QED) is 0.808. The van der Waals surface area contributed by atoms with Gasteiger partial charge < -0.3 is 19.3 Å². The van der Waals surface area contributed by atoms with E-state index in [1.165, 1.54) is 0 Å². The maximum absolute atomic E-state index is 13.0. The van der Waals surface area contributed by atoms with Crippen molar-refractivity contribution in [3.63, 3.8) is 0 Å². The molecular weight excluding hydrogens is 332 g/mol. The summed E-state index contributed by atoms with van der Waals surface area (Å²) >= 11 is 0. The highest BCUT2D eigenvalue weighted by Gasteiger charge is 2.26. The zero-order chi connectivity index (χ0) is 19.3. The summed E-state index contributed by atoms with van der Waals surface area (Å²) in [6.45, 7) is 8.43. The third-order valence-electron chi connectivity index (χ3n) is 4.73. The van der Waals surface area contributed by atoms with Crippen molar-refractivity contribution in [1.29, 1.82) is 0 Å². The number of ether oxygens (including phenoxy) is 2. The molecule has 6 nitrogen and oxygen atoms in total. The lowest BCUT2D eigenvalue weighted by Crippen LogP contribution is -2.37. The molecular formula is C20H30N2O4. The maximum Gasteiger partial charge on any atom is 0.257 e. The van der Waals surface area contributed by atoms with Gasteiger partial charge in [-0.3, -0.25) is 9.59 Å². The minimum Gasteiger partial charge on any atom is -0.496 e. The first kappa shape index (κ1) is 20.1. The van der Waals surface area contributed by atoms with Gasteiger partial charge in [-0.2, -0.15) is 0 Å². The first-order chi connectivity index (χ1) is 12.4. The van der Waals surface area contributed by atoms with Crippen molar-refractivity contribution < 1.29 is 19.1 Å². The first-order valence-electron chi connectivity index (χ1n) is 9.17. The Kier molecular flexibility index (Phi) is 6.89. The maximum atomic E-state index is 13.0. The highest BCUT2D eigenvalue weighted by Crippen LogP contribution is 2.32. The highest BCUT2D eigenvalue weighted by molar-refractivity contribution is 5.97. The van der Waals surface area contributed by atoms with Crippen molar-refractivity contribution >= 4 is 11.8 Å². The fraction of sp³-hybridized carbons (Fsp3) is 0.600. The minimum absolute atomic E-state index is 0.0641. The average Bonchev–Trinajstić information content (AvgIpc) is 2.86. The van der Waals surface area contributed by atoms with Crippen LogP contribution in [-0.2, 0) is 4.79 Å². The average molecular weight is 362 g/mol. The van der Waals surface area contributed by atoms with Crippen LogP contribution in [0.3, 0.4) is 0 Å². The minimum atomic E-state index is -0.0641. The summed E-state index contributed by atoms with van der Waals surface area (Å²) in [6, 6.07) is 3.54. The predicted octanol–water partition coefficient (Wildman–Crippen LogP) is 2.73. The fourth-order valence-electron chi connectivity index (χ4n) is 3.34. The molecule has 1 aliphatic rings. The van der Waals surface area contributed by atoms with E-state index in [0.29, 0.717) is 55.6 Å². The van der Waals surface area contributed by atoms with Gasteiger partial charge in [-0.1, -0.05) is 13.8 Å².